The second-order valence-corrected chi connectivity index (χ2v) is 5.98. The average molecular weight is 392 g/mol. The summed E-state index contributed by atoms with van der Waals surface area (Å²) in [6.45, 7) is 3.70. The van der Waals surface area contributed by atoms with Gasteiger partial charge < -0.3 is 10.1 Å². The summed E-state index contributed by atoms with van der Waals surface area (Å²) in [4.78, 5) is 24.2. The number of benzene rings is 2. The lowest BCUT2D eigenvalue weighted by Gasteiger charge is -2.11. The van der Waals surface area contributed by atoms with Crippen LogP contribution in [-0.4, -0.2) is 24.6 Å². The van der Waals surface area contributed by atoms with Gasteiger partial charge in [-0.25, -0.2) is 9.82 Å². The van der Waals surface area contributed by atoms with Gasteiger partial charge >= 0.3 is 0 Å². The number of nitrogens with one attached hydrogen (secondary N) is 2. The summed E-state index contributed by atoms with van der Waals surface area (Å²) < 4.78 is 19.0. The molecule has 0 saturated heterocycles. The minimum Gasteiger partial charge on any atom is -0.493 e. The topological polar surface area (TPSA) is 79.8 Å². The highest BCUT2D eigenvalue weighted by atomic mass is 35.5. The van der Waals surface area contributed by atoms with Crippen molar-refractivity contribution in [2.75, 3.05) is 11.9 Å². The smallest absolute Gasteiger partial charge is 0.252 e. The van der Waals surface area contributed by atoms with Gasteiger partial charge in [0.2, 0.25) is 5.91 Å². The van der Waals surface area contributed by atoms with E-state index >= 15 is 0 Å². The normalized spacial score (nSPS) is 11.9. The molecule has 27 heavy (non-hydrogen) atoms. The summed E-state index contributed by atoms with van der Waals surface area (Å²) in [6, 6.07) is 10.7. The quantitative estimate of drug-likeness (QED) is 0.430. The van der Waals surface area contributed by atoms with Crippen LogP contribution in [0.25, 0.3) is 0 Å². The highest BCUT2D eigenvalue weighted by molar-refractivity contribution is 6.30. The fourth-order valence-electron chi connectivity index (χ4n) is 2.09. The molecule has 0 aromatic heterocycles. The van der Waals surface area contributed by atoms with Crippen molar-refractivity contribution in [3.05, 3.63) is 58.9 Å². The first-order valence-corrected chi connectivity index (χ1v) is 8.60. The Kier molecular flexibility index (Phi) is 7.31. The number of halogens is 2. The summed E-state index contributed by atoms with van der Waals surface area (Å²) in [5.41, 5.74) is 2.86. The van der Waals surface area contributed by atoms with E-state index in [1.165, 1.54) is 31.3 Å². The van der Waals surface area contributed by atoms with Crippen molar-refractivity contribution >= 4 is 35.3 Å². The first-order chi connectivity index (χ1) is 12.9. The Balaban J connectivity index is 1.98. The van der Waals surface area contributed by atoms with Gasteiger partial charge in [0.15, 0.2) is 0 Å². The highest BCUT2D eigenvalue weighted by Crippen LogP contribution is 2.21. The van der Waals surface area contributed by atoms with Crippen molar-refractivity contribution in [1.82, 2.24) is 5.43 Å². The van der Waals surface area contributed by atoms with E-state index in [1.54, 1.807) is 24.3 Å². The van der Waals surface area contributed by atoms with Crippen LogP contribution in [0.5, 0.6) is 5.75 Å². The van der Waals surface area contributed by atoms with Gasteiger partial charge in [-0.3, -0.25) is 9.59 Å². The molecule has 0 radical (unpaired) electrons. The van der Waals surface area contributed by atoms with Crippen LogP contribution < -0.4 is 15.5 Å². The van der Waals surface area contributed by atoms with Crippen molar-refractivity contribution in [3.8, 4) is 5.75 Å². The Morgan fingerprint density at radius 3 is 2.70 bits per heavy atom. The second kappa shape index (κ2) is 9.68. The zero-order valence-corrected chi connectivity index (χ0v) is 15.6. The minimum absolute atomic E-state index is 0.00550. The molecule has 1 atom stereocenters. The Bertz CT molecular complexity index is 858. The van der Waals surface area contributed by atoms with Gasteiger partial charge in [0.25, 0.3) is 5.91 Å². The van der Waals surface area contributed by atoms with Gasteiger partial charge in [0.05, 0.1) is 18.5 Å². The van der Waals surface area contributed by atoms with E-state index in [-0.39, 0.29) is 5.69 Å². The molecule has 0 heterocycles. The van der Waals surface area contributed by atoms with Gasteiger partial charge in [0.1, 0.15) is 17.5 Å². The summed E-state index contributed by atoms with van der Waals surface area (Å²) in [5.74, 6) is -2.38. The van der Waals surface area contributed by atoms with E-state index < -0.39 is 23.5 Å². The Morgan fingerprint density at radius 1 is 1.26 bits per heavy atom. The van der Waals surface area contributed by atoms with Gasteiger partial charge in [-0.15, -0.1) is 0 Å². The van der Waals surface area contributed by atoms with Crippen molar-refractivity contribution < 1.29 is 18.7 Å². The molecule has 0 spiro atoms. The molecule has 1 unspecified atom stereocenters. The molecule has 0 aliphatic heterocycles. The van der Waals surface area contributed by atoms with Crippen LogP contribution in [-0.2, 0) is 9.59 Å². The van der Waals surface area contributed by atoms with Crippen molar-refractivity contribution in [2.24, 2.45) is 11.0 Å². The maximum absolute atomic E-state index is 13.6. The number of carbonyl (C=O) groups excluding carboxylic acids is 2. The SMILES string of the molecule is CCOc1ccc(Cl)cc1C=NNC(=O)C(C)C(=O)Nc1ccccc1F. The van der Waals surface area contributed by atoms with Gasteiger partial charge in [-0.2, -0.15) is 5.10 Å². The van der Waals surface area contributed by atoms with Crippen LogP contribution in [0, 0.1) is 11.7 Å². The average Bonchev–Trinajstić information content (AvgIpc) is 2.65. The molecule has 2 rings (SSSR count). The van der Waals surface area contributed by atoms with Crippen molar-refractivity contribution in [2.45, 2.75) is 13.8 Å². The number of para-hydroxylation sites is 1. The summed E-state index contributed by atoms with van der Waals surface area (Å²) >= 11 is 5.95. The maximum atomic E-state index is 13.6. The van der Waals surface area contributed by atoms with Gasteiger partial charge in [0, 0.05) is 10.6 Å². The summed E-state index contributed by atoms with van der Waals surface area (Å²) in [7, 11) is 0. The van der Waals surface area contributed by atoms with Crippen LogP contribution in [0.3, 0.4) is 0 Å². The highest BCUT2D eigenvalue weighted by Gasteiger charge is 2.22. The number of carbonyl (C=O) groups is 2. The first kappa shape index (κ1) is 20.4. The van der Waals surface area contributed by atoms with Crippen LogP contribution in [0.4, 0.5) is 10.1 Å². The Labute approximate surface area is 161 Å². The molecule has 2 amide bonds. The minimum atomic E-state index is -1.08. The largest absolute Gasteiger partial charge is 0.493 e. The number of rotatable bonds is 7. The third-order valence-corrected chi connectivity index (χ3v) is 3.80. The fourth-order valence-corrected chi connectivity index (χ4v) is 2.27. The number of anilines is 1. The van der Waals surface area contributed by atoms with Crippen molar-refractivity contribution in [1.29, 1.82) is 0 Å². The maximum Gasteiger partial charge on any atom is 0.252 e. The van der Waals surface area contributed by atoms with Crippen LogP contribution >= 0.6 is 11.6 Å². The Morgan fingerprint density at radius 2 is 2.00 bits per heavy atom. The molecule has 2 aromatic rings. The molecular weight excluding hydrogens is 373 g/mol. The van der Waals surface area contributed by atoms with Gasteiger partial charge in [-0.05, 0) is 44.2 Å². The first-order valence-electron chi connectivity index (χ1n) is 8.23. The van der Waals surface area contributed by atoms with E-state index in [2.05, 4.69) is 15.8 Å². The van der Waals surface area contributed by atoms with E-state index in [0.717, 1.165) is 0 Å². The zero-order valence-electron chi connectivity index (χ0n) is 14.8. The third-order valence-electron chi connectivity index (χ3n) is 3.57. The van der Waals surface area contributed by atoms with Gasteiger partial charge in [-0.1, -0.05) is 23.7 Å². The predicted octanol–water partition coefficient (Wildman–Crippen LogP) is 3.60. The van der Waals surface area contributed by atoms with E-state index in [9.17, 15) is 14.0 Å². The molecule has 2 aromatic carbocycles. The monoisotopic (exact) mass is 391 g/mol. The predicted molar refractivity (Wildman–Crippen MR) is 103 cm³/mol. The number of hydrogen-bond donors (Lipinski definition) is 2. The molecule has 2 N–H and O–H groups in total. The molecule has 8 heteroatoms. The number of amides is 2. The van der Waals surface area contributed by atoms with E-state index in [1.807, 2.05) is 6.92 Å². The summed E-state index contributed by atoms with van der Waals surface area (Å²) in [5, 5.41) is 6.69. The number of hydrazone groups is 1. The lowest BCUT2D eigenvalue weighted by molar-refractivity contribution is -0.131. The lowest BCUT2D eigenvalue weighted by atomic mass is 10.1. The lowest BCUT2D eigenvalue weighted by Crippen LogP contribution is -2.34. The van der Waals surface area contributed by atoms with Crippen molar-refractivity contribution in [3.63, 3.8) is 0 Å². The second-order valence-electron chi connectivity index (χ2n) is 5.54. The number of nitrogens with zero attached hydrogens (tertiary/aromatic N) is 1. The molecule has 0 bridgehead atoms. The zero-order chi connectivity index (χ0) is 19.8. The molecular formula is C19H19ClFN3O3. The molecule has 0 fully saturated rings. The molecule has 142 valence electrons. The van der Waals surface area contributed by atoms with Crippen LogP contribution in [0.15, 0.2) is 47.6 Å². The molecule has 0 saturated carbocycles. The summed E-state index contributed by atoms with van der Waals surface area (Å²) in [6.07, 6.45) is 1.37. The van der Waals surface area contributed by atoms with Crippen LogP contribution in [0.2, 0.25) is 5.02 Å². The van der Waals surface area contributed by atoms with Crippen LogP contribution in [0.1, 0.15) is 19.4 Å². The number of hydrogen-bond acceptors (Lipinski definition) is 4. The number of ether oxygens (including phenoxy) is 1. The molecule has 0 aliphatic carbocycles. The standard InChI is InChI=1S/C19H19ClFN3O3/c1-3-27-17-9-8-14(20)10-13(17)11-22-24-19(26)12(2)18(25)23-16-7-5-4-6-15(16)21/h4-12H,3H2,1-2H3,(H,23,25)(H,24,26). The Hall–Kier alpha value is -2.93. The molecule has 6 nitrogen and oxygen atoms in total. The van der Waals surface area contributed by atoms with E-state index in [0.29, 0.717) is 22.9 Å². The van der Waals surface area contributed by atoms with E-state index in [4.69, 9.17) is 16.3 Å². The molecule has 0 aliphatic rings. The fraction of sp³-hybridized carbons (Fsp3) is 0.211. The third kappa shape index (κ3) is 5.79.